The van der Waals surface area contributed by atoms with Crippen LogP contribution in [0, 0.1) is 5.82 Å². The zero-order chi connectivity index (χ0) is 19.4. The molecule has 27 heavy (non-hydrogen) atoms. The molecule has 1 aromatic heterocycles. The van der Waals surface area contributed by atoms with Crippen molar-refractivity contribution in [2.75, 3.05) is 6.54 Å². The van der Waals surface area contributed by atoms with Gasteiger partial charge in [-0.2, -0.15) is 0 Å². The van der Waals surface area contributed by atoms with Crippen LogP contribution in [-0.4, -0.2) is 35.3 Å². The Morgan fingerprint density at radius 3 is 2.56 bits per heavy atom. The van der Waals surface area contributed by atoms with Crippen molar-refractivity contribution in [2.24, 2.45) is 0 Å². The molecular formula is C20H17FN2O4. The first-order chi connectivity index (χ1) is 13.0. The minimum atomic E-state index is -1.03. The summed E-state index contributed by atoms with van der Waals surface area (Å²) in [6, 6.07) is 12.7. The number of ketones is 1. The highest BCUT2D eigenvalue weighted by atomic mass is 19.1. The number of carbonyl (C=O) groups is 3. The van der Waals surface area contributed by atoms with E-state index in [4.69, 9.17) is 4.74 Å². The monoisotopic (exact) mass is 368 g/mol. The van der Waals surface area contributed by atoms with Gasteiger partial charge in [0.2, 0.25) is 5.78 Å². The summed E-state index contributed by atoms with van der Waals surface area (Å²) in [5, 5.41) is 3.01. The Bertz CT molecular complexity index is 1010. The number of carbonyl (C=O) groups excluding carboxylic acids is 3. The molecule has 0 aliphatic heterocycles. The van der Waals surface area contributed by atoms with Crippen molar-refractivity contribution in [3.8, 4) is 0 Å². The Labute approximate surface area is 154 Å². The van der Waals surface area contributed by atoms with Crippen molar-refractivity contribution < 1.29 is 23.5 Å². The van der Waals surface area contributed by atoms with E-state index in [9.17, 15) is 18.8 Å². The van der Waals surface area contributed by atoms with Crippen molar-refractivity contribution in [3.05, 3.63) is 71.7 Å². The number of aromatic nitrogens is 1. The highest BCUT2D eigenvalue weighted by molar-refractivity contribution is 6.10. The van der Waals surface area contributed by atoms with Crippen LogP contribution in [0.1, 0.15) is 27.6 Å². The van der Waals surface area contributed by atoms with E-state index < -0.39 is 30.3 Å². The lowest BCUT2D eigenvalue weighted by Gasteiger charge is -2.12. The molecule has 1 atom stereocenters. The topological polar surface area (TPSA) is 88.3 Å². The molecule has 6 nitrogen and oxygen atoms in total. The molecule has 0 aliphatic rings. The number of para-hydroxylation sites is 1. The van der Waals surface area contributed by atoms with Crippen LogP contribution in [0.5, 0.6) is 0 Å². The summed E-state index contributed by atoms with van der Waals surface area (Å²) >= 11 is 0. The van der Waals surface area contributed by atoms with E-state index in [2.05, 4.69) is 10.3 Å². The van der Waals surface area contributed by atoms with E-state index in [1.165, 1.54) is 25.1 Å². The van der Waals surface area contributed by atoms with Gasteiger partial charge in [0.25, 0.3) is 5.91 Å². The smallest absolute Gasteiger partial charge is 0.326 e. The highest BCUT2D eigenvalue weighted by Crippen LogP contribution is 2.19. The molecule has 0 fully saturated rings. The predicted molar refractivity (Wildman–Crippen MR) is 96.9 cm³/mol. The van der Waals surface area contributed by atoms with Crippen LogP contribution >= 0.6 is 0 Å². The lowest BCUT2D eigenvalue weighted by molar-refractivity contribution is -0.145. The lowest BCUT2D eigenvalue weighted by Crippen LogP contribution is -2.34. The zero-order valence-electron chi connectivity index (χ0n) is 14.5. The van der Waals surface area contributed by atoms with Gasteiger partial charge < -0.3 is 15.0 Å². The second kappa shape index (κ2) is 7.82. The fourth-order valence-corrected chi connectivity index (χ4v) is 2.68. The van der Waals surface area contributed by atoms with Gasteiger partial charge in [-0.25, -0.2) is 4.39 Å². The van der Waals surface area contributed by atoms with Gasteiger partial charge in [-0.05, 0) is 25.1 Å². The highest BCUT2D eigenvalue weighted by Gasteiger charge is 2.22. The third-order valence-electron chi connectivity index (χ3n) is 4.04. The van der Waals surface area contributed by atoms with E-state index in [0.717, 1.165) is 17.0 Å². The number of rotatable bonds is 6. The summed E-state index contributed by atoms with van der Waals surface area (Å²) < 4.78 is 18.6. The largest absolute Gasteiger partial charge is 0.453 e. The van der Waals surface area contributed by atoms with Gasteiger partial charge in [0.15, 0.2) is 6.10 Å². The van der Waals surface area contributed by atoms with Gasteiger partial charge in [-0.3, -0.25) is 14.4 Å². The number of halogens is 1. The second-order valence-corrected chi connectivity index (χ2v) is 5.91. The van der Waals surface area contributed by atoms with E-state index in [0.29, 0.717) is 5.56 Å². The number of fused-ring (bicyclic) bond motifs is 1. The van der Waals surface area contributed by atoms with Gasteiger partial charge in [-0.15, -0.1) is 0 Å². The molecule has 1 amide bonds. The van der Waals surface area contributed by atoms with Gasteiger partial charge >= 0.3 is 5.97 Å². The molecule has 0 saturated heterocycles. The van der Waals surface area contributed by atoms with Crippen LogP contribution in [0.25, 0.3) is 10.9 Å². The van der Waals surface area contributed by atoms with E-state index in [1.54, 1.807) is 12.3 Å². The molecule has 2 aromatic carbocycles. The number of H-pyrrole nitrogens is 1. The number of hydrogen-bond acceptors (Lipinski definition) is 4. The normalized spacial score (nSPS) is 11.8. The standard InChI is InChI=1S/C20H17FN2O4/c1-12(19(25)15-10-22-17-9-5-3-6-13(15)17)27-18(24)11-23-20(26)14-7-2-4-8-16(14)21/h2-10,12,22H,11H2,1H3,(H,23,26)/t12-/m1/s1. The maximum atomic E-state index is 13.5. The van der Waals surface area contributed by atoms with Gasteiger partial charge in [0.1, 0.15) is 12.4 Å². The number of nitrogens with one attached hydrogen (secondary N) is 2. The first kappa shape index (κ1) is 18.3. The predicted octanol–water partition coefficient (Wildman–Crippen LogP) is 2.85. The number of benzene rings is 2. The SMILES string of the molecule is C[C@@H](OC(=O)CNC(=O)c1ccccc1F)C(=O)c1c[nH]c2ccccc12. The lowest BCUT2D eigenvalue weighted by atomic mass is 10.1. The average Bonchev–Trinajstić information content (AvgIpc) is 3.10. The van der Waals surface area contributed by atoms with Crippen molar-refractivity contribution in [1.82, 2.24) is 10.3 Å². The molecule has 138 valence electrons. The van der Waals surface area contributed by atoms with Crippen LogP contribution in [0.15, 0.2) is 54.7 Å². The summed E-state index contributed by atoms with van der Waals surface area (Å²) in [5.41, 5.74) is 1.05. The molecule has 7 heteroatoms. The average molecular weight is 368 g/mol. The molecule has 1 heterocycles. The first-order valence-electron chi connectivity index (χ1n) is 8.30. The van der Waals surface area contributed by atoms with E-state index >= 15 is 0 Å². The molecule has 3 aromatic rings. The molecule has 0 unspecified atom stereocenters. The van der Waals surface area contributed by atoms with Crippen LogP contribution < -0.4 is 5.32 Å². The van der Waals surface area contributed by atoms with Gasteiger partial charge in [-0.1, -0.05) is 30.3 Å². The number of hydrogen-bond donors (Lipinski definition) is 2. The summed E-state index contributed by atoms with van der Waals surface area (Å²) in [6.45, 7) is 0.985. The number of aromatic amines is 1. The van der Waals surface area contributed by atoms with Crippen LogP contribution in [0.4, 0.5) is 4.39 Å². The summed E-state index contributed by atoms with van der Waals surface area (Å²) in [4.78, 5) is 39.3. The third-order valence-corrected chi connectivity index (χ3v) is 4.04. The van der Waals surface area contributed by atoms with Crippen molar-refractivity contribution in [1.29, 1.82) is 0 Å². The quantitative estimate of drug-likeness (QED) is 0.517. The number of ether oxygens (including phenoxy) is 1. The van der Waals surface area contributed by atoms with E-state index in [1.807, 2.05) is 18.2 Å². The summed E-state index contributed by atoms with van der Waals surface area (Å²) in [6.07, 6.45) is 0.541. The Morgan fingerprint density at radius 1 is 1.07 bits per heavy atom. The molecule has 0 saturated carbocycles. The summed E-state index contributed by atoms with van der Waals surface area (Å²) in [5.74, 6) is -2.58. The van der Waals surface area contributed by atoms with Gasteiger partial charge in [0.05, 0.1) is 5.56 Å². The van der Waals surface area contributed by atoms with Gasteiger partial charge in [0, 0.05) is 22.7 Å². The Hall–Kier alpha value is -3.48. The molecule has 0 bridgehead atoms. The summed E-state index contributed by atoms with van der Waals surface area (Å²) in [7, 11) is 0. The number of amides is 1. The second-order valence-electron chi connectivity index (χ2n) is 5.91. The molecule has 3 rings (SSSR count). The van der Waals surface area contributed by atoms with Crippen molar-refractivity contribution in [2.45, 2.75) is 13.0 Å². The molecule has 0 aliphatic carbocycles. The molecule has 0 radical (unpaired) electrons. The maximum absolute atomic E-state index is 13.5. The molecule has 0 spiro atoms. The van der Waals surface area contributed by atoms with Crippen LogP contribution in [0.3, 0.4) is 0 Å². The Morgan fingerprint density at radius 2 is 1.78 bits per heavy atom. The minimum Gasteiger partial charge on any atom is -0.453 e. The molecular weight excluding hydrogens is 351 g/mol. The third kappa shape index (κ3) is 4.03. The fourth-order valence-electron chi connectivity index (χ4n) is 2.68. The van der Waals surface area contributed by atoms with Crippen LogP contribution in [0.2, 0.25) is 0 Å². The zero-order valence-corrected chi connectivity index (χ0v) is 14.5. The molecule has 2 N–H and O–H groups in total. The Balaban J connectivity index is 1.58. The van der Waals surface area contributed by atoms with Crippen molar-refractivity contribution in [3.63, 3.8) is 0 Å². The number of esters is 1. The van der Waals surface area contributed by atoms with E-state index in [-0.39, 0.29) is 11.3 Å². The van der Waals surface area contributed by atoms with Crippen molar-refractivity contribution >= 4 is 28.6 Å². The Kier molecular flexibility index (Phi) is 5.30. The van der Waals surface area contributed by atoms with Crippen LogP contribution in [-0.2, 0) is 9.53 Å². The minimum absolute atomic E-state index is 0.173. The maximum Gasteiger partial charge on any atom is 0.326 e. The first-order valence-corrected chi connectivity index (χ1v) is 8.30. The fraction of sp³-hybridized carbons (Fsp3) is 0.150. The number of Topliss-reactive ketones (excluding diaryl/α,β-unsaturated/α-hetero) is 1.